The number of fused-ring (bicyclic) bond motifs is 4. The van der Waals surface area contributed by atoms with Gasteiger partial charge >= 0.3 is 0 Å². The lowest BCUT2D eigenvalue weighted by Gasteiger charge is -2.37. The molecule has 1 N–H and O–H groups in total. The zero-order chi connectivity index (χ0) is 22.5. The van der Waals surface area contributed by atoms with Crippen LogP contribution in [-0.4, -0.2) is 10.8 Å². The number of nitrogens with one attached hydrogen (secondary N) is 1. The van der Waals surface area contributed by atoms with Crippen LogP contribution < -0.4 is 5.32 Å². The highest BCUT2D eigenvalue weighted by Crippen LogP contribution is 2.51. The van der Waals surface area contributed by atoms with Crippen LogP contribution in [0.15, 0.2) is 84.6 Å². The number of carbonyl (C=O) groups is 1. The number of halogens is 2. The first kappa shape index (κ1) is 20.5. The van der Waals surface area contributed by atoms with Gasteiger partial charge in [-0.05, 0) is 53.3 Å². The van der Waals surface area contributed by atoms with Gasteiger partial charge in [-0.15, -0.1) is 0 Å². The van der Waals surface area contributed by atoms with Crippen molar-refractivity contribution >= 4 is 51.1 Å². The van der Waals surface area contributed by atoms with Gasteiger partial charge in [0.25, 0.3) is 0 Å². The molecule has 0 unspecified atom stereocenters. The van der Waals surface area contributed by atoms with Crippen molar-refractivity contribution < 1.29 is 4.79 Å². The van der Waals surface area contributed by atoms with E-state index in [0.29, 0.717) is 16.5 Å². The van der Waals surface area contributed by atoms with Crippen LogP contribution in [0.5, 0.6) is 0 Å². The summed E-state index contributed by atoms with van der Waals surface area (Å²) in [5.74, 6) is 0.274. The highest BCUT2D eigenvalue weighted by molar-refractivity contribution is 6.42. The third kappa shape index (κ3) is 3.35. The number of benzene rings is 3. The second kappa shape index (κ2) is 8.02. The van der Waals surface area contributed by atoms with E-state index in [2.05, 4.69) is 34.6 Å². The van der Waals surface area contributed by atoms with Crippen molar-refractivity contribution in [2.45, 2.75) is 24.8 Å². The summed E-state index contributed by atoms with van der Waals surface area (Å²) in [7, 11) is 0. The van der Waals surface area contributed by atoms with Crippen LogP contribution in [0.4, 0.5) is 5.69 Å². The summed E-state index contributed by atoms with van der Waals surface area (Å²) in [6.07, 6.45) is 3.05. The Labute approximate surface area is 202 Å². The average molecular weight is 471 g/mol. The summed E-state index contributed by atoms with van der Waals surface area (Å²) in [4.78, 5) is 18.3. The van der Waals surface area contributed by atoms with Crippen molar-refractivity contribution in [3.8, 4) is 0 Å². The smallest absolute Gasteiger partial charge is 0.162 e. The maximum atomic E-state index is 13.7. The molecular formula is C28H20Cl2N2O. The molecule has 0 amide bonds. The summed E-state index contributed by atoms with van der Waals surface area (Å²) in [5, 5.41) is 5.62. The molecule has 2 atom stereocenters. The summed E-state index contributed by atoms with van der Waals surface area (Å²) in [6, 6.07) is 23.6. The Hall–Kier alpha value is -3.14. The van der Waals surface area contributed by atoms with Crippen molar-refractivity contribution in [2.24, 2.45) is 0 Å². The molecule has 1 aromatic heterocycles. The molecule has 0 spiro atoms. The zero-order valence-corrected chi connectivity index (χ0v) is 19.2. The molecule has 4 aromatic rings. The SMILES string of the molecule is O=C1C[C@H](c2ccccc2)CC2=C1[C@H](c1cccc(Cl)c1Cl)Nc1ccc3ncccc3c12. The van der Waals surface area contributed by atoms with Gasteiger partial charge in [0.2, 0.25) is 0 Å². The number of anilines is 1. The van der Waals surface area contributed by atoms with Crippen LogP contribution >= 0.6 is 23.2 Å². The van der Waals surface area contributed by atoms with Gasteiger partial charge in [-0.1, -0.05) is 71.7 Å². The Morgan fingerprint density at radius 2 is 1.73 bits per heavy atom. The number of hydrogen-bond acceptors (Lipinski definition) is 3. The predicted molar refractivity (Wildman–Crippen MR) is 135 cm³/mol. The molecule has 0 radical (unpaired) electrons. The first-order valence-electron chi connectivity index (χ1n) is 11.0. The molecule has 0 saturated heterocycles. The third-order valence-corrected chi connectivity index (χ3v) is 7.58. The standard InChI is InChI=1S/C28H20Cl2N2O/c29-21-10-4-8-19(27(21)30)28-26-20(14-17(15-24(26)33)16-6-2-1-3-7-16)25-18-9-5-13-31-22(18)11-12-23(25)32-28/h1-13,17,28,32H,14-15H2/t17-,28+/m1/s1. The van der Waals surface area contributed by atoms with Crippen LogP contribution in [0.2, 0.25) is 10.0 Å². The zero-order valence-electron chi connectivity index (χ0n) is 17.7. The molecule has 1 aliphatic heterocycles. The average Bonchev–Trinajstić information content (AvgIpc) is 2.85. The molecule has 0 saturated carbocycles. The fourth-order valence-electron chi connectivity index (χ4n) is 5.27. The number of aromatic nitrogens is 1. The lowest BCUT2D eigenvalue weighted by atomic mass is 9.72. The second-order valence-corrected chi connectivity index (χ2v) is 9.40. The summed E-state index contributed by atoms with van der Waals surface area (Å²) in [5.41, 5.74) is 6.84. The van der Waals surface area contributed by atoms with Gasteiger partial charge in [-0.2, -0.15) is 0 Å². The maximum absolute atomic E-state index is 13.7. The molecule has 2 aliphatic rings. The molecule has 1 aliphatic carbocycles. The van der Waals surface area contributed by atoms with E-state index < -0.39 is 0 Å². The van der Waals surface area contributed by atoms with E-state index in [1.807, 2.05) is 42.5 Å². The number of hydrogen-bond donors (Lipinski definition) is 1. The first-order valence-corrected chi connectivity index (χ1v) is 11.8. The van der Waals surface area contributed by atoms with Gasteiger partial charge < -0.3 is 5.32 Å². The number of carbonyl (C=O) groups excluding carboxylic acids is 1. The lowest BCUT2D eigenvalue weighted by molar-refractivity contribution is -0.116. The van der Waals surface area contributed by atoms with Crippen LogP contribution in [0, 0.1) is 0 Å². The quantitative estimate of drug-likeness (QED) is 0.327. The summed E-state index contributed by atoms with van der Waals surface area (Å²) < 4.78 is 0. The highest BCUT2D eigenvalue weighted by atomic mass is 35.5. The van der Waals surface area contributed by atoms with E-state index in [1.165, 1.54) is 5.56 Å². The van der Waals surface area contributed by atoms with Crippen molar-refractivity contribution in [1.82, 2.24) is 4.98 Å². The van der Waals surface area contributed by atoms with E-state index >= 15 is 0 Å². The Balaban J connectivity index is 1.60. The van der Waals surface area contributed by atoms with Gasteiger partial charge in [0.1, 0.15) is 0 Å². The predicted octanol–water partition coefficient (Wildman–Crippen LogP) is 7.61. The number of ketones is 1. The number of pyridine rings is 1. The van der Waals surface area contributed by atoms with Crippen LogP contribution in [0.3, 0.4) is 0 Å². The van der Waals surface area contributed by atoms with Crippen LogP contribution in [-0.2, 0) is 4.79 Å². The van der Waals surface area contributed by atoms with Gasteiger partial charge in [0.05, 0.1) is 21.6 Å². The molecule has 33 heavy (non-hydrogen) atoms. The number of nitrogens with zero attached hydrogens (tertiary/aromatic N) is 1. The maximum Gasteiger partial charge on any atom is 0.162 e. The molecular weight excluding hydrogens is 451 g/mol. The minimum Gasteiger partial charge on any atom is -0.373 e. The number of rotatable bonds is 2. The Bertz CT molecular complexity index is 1450. The summed E-state index contributed by atoms with van der Waals surface area (Å²) >= 11 is 13.0. The Morgan fingerprint density at radius 1 is 0.879 bits per heavy atom. The first-order chi connectivity index (χ1) is 16.1. The van der Waals surface area contributed by atoms with Gasteiger partial charge in [0, 0.05) is 34.8 Å². The van der Waals surface area contributed by atoms with E-state index in [9.17, 15) is 4.79 Å². The van der Waals surface area contributed by atoms with Crippen LogP contribution in [0.25, 0.3) is 16.5 Å². The van der Waals surface area contributed by atoms with Crippen LogP contribution in [0.1, 0.15) is 41.5 Å². The molecule has 0 bridgehead atoms. The topological polar surface area (TPSA) is 42.0 Å². The van der Waals surface area contributed by atoms with Gasteiger partial charge in [-0.25, -0.2) is 0 Å². The molecule has 162 valence electrons. The van der Waals surface area contributed by atoms with Crippen molar-refractivity contribution in [1.29, 1.82) is 0 Å². The van der Waals surface area contributed by atoms with Crippen molar-refractivity contribution in [2.75, 3.05) is 5.32 Å². The minimum absolute atomic E-state index is 0.130. The van der Waals surface area contributed by atoms with E-state index in [1.54, 1.807) is 12.3 Å². The third-order valence-electron chi connectivity index (χ3n) is 6.75. The molecule has 6 rings (SSSR count). The number of Topliss-reactive ketones (excluding diaryl/α,β-unsaturated/α-hetero) is 1. The largest absolute Gasteiger partial charge is 0.373 e. The van der Waals surface area contributed by atoms with Crippen molar-refractivity contribution in [3.63, 3.8) is 0 Å². The van der Waals surface area contributed by atoms with E-state index in [-0.39, 0.29) is 17.7 Å². The summed E-state index contributed by atoms with van der Waals surface area (Å²) in [6.45, 7) is 0. The molecule has 5 heteroatoms. The molecule has 3 aromatic carbocycles. The van der Waals surface area contributed by atoms with E-state index in [0.717, 1.165) is 45.3 Å². The fourth-order valence-corrected chi connectivity index (χ4v) is 5.68. The Morgan fingerprint density at radius 3 is 2.58 bits per heavy atom. The molecule has 0 fully saturated rings. The second-order valence-electron chi connectivity index (χ2n) is 8.61. The van der Waals surface area contributed by atoms with Crippen molar-refractivity contribution in [3.05, 3.63) is 111 Å². The monoisotopic (exact) mass is 470 g/mol. The lowest BCUT2D eigenvalue weighted by Crippen LogP contribution is -2.29. The Kier molecular flexibility index (Phi) is 4.97. The molecule has 3 nitrogen and oxygen atoms in total. The highest BCUT2D eigenvalue weighted by Gasteiger charge is 2.39. The van der Waals surface area contributed by atoms with Gasteiger partial charge in [-0.3, -0.25) is 9.78 Å². The fraction of sp³-hybridized carbons (Fsp3) is 0.143. The normalized spacial score (nSPS) is 19.8. The number of allylic oxidation sites excluding steroid dienone is 1. The molecule has 2 heterocycles. The minimum atomic E-state index is -0.350. The van der Waals surface area contributed by atoms with Gasteiger partial charge in [0.15, 0.2) is 5.78 Å². The van der Waals surface area contributed by atoms with E-state index in [4.69, 9.17) is 23.2 Å².